The normalized spacial score (nSPS) is 23.9. The third kappa shape index (κ3) is 2.81. The van der Waals surface area contributed by atoms with Gasteiger partial charge in [-0.05, 0) is 31.5 Å². The van der Waals surface area contributed by atoms with Gasteiger partial charge in [0.2, 0.25) is 0 Å². The van der Waals surface area contributed by atoms with E-state index in [-0.39, 0.29) is 0 Å². The average molecular weight is 232 g/mol. The number of hydrogen-bond donors (Lipinski definition) is 0. The number of hydrogen-bond acceptors (Lipinski definition) is 2. The van der Waals surface area contributed by atoms with Crippen molar-refractivity contribution >= 4 is 5.69 Å². The van der Waals surface area contributed by atoms with Gasteiger partial charge in [0.05, 0.1) is 0 Å². The zero-order chi connectivity index (χ0) is 12.1. The summed E-state index contributed by atoms with van der Waals surface area (Å²) in [6.45, 7) is 9.00. The topological polar surface area (TPSA) is 6.48 Å². The number of benzene rings is 1. The Labute approximate surface area is 105 Å². The average Bonchev–Trinajstić information content (AvgIpc) is 2.89. The zero-order valence-electron chi connectivity index (χ0n) is 11.1. The predicted molar refractivity (Wildman–Crippen MR) is 74.6 cm³/mol. The molecule has 3 rings (SSSR count). The summed E-state index contributed by atoms with van der Waals surface area (Å²) < 4.78 is 0. The maximum atomic E-state index is 2.65. The molecule has 1 unspecified atom stereocenters. The van der Waals surface area contributed by atoms with Crippen LogP contribution in [0.3, 0.4) is 0 Å². The summed E-state index contributed by atoms with van der Waals surface area (Å²) in [7, 11) is 0. The molecule has 0 N–H and O–H groups in total. The van der Waals surface area contributed by atoms with Crippen LogP contribution in [0.5, 0.6) is 0 Å². The second kappa shape index (κ2) is 6.06. The third-order valence-corrected chi connectivity index (χ3v) is 3.71. The van der Waals surface area contributed by atoms with Crippen molar-refractivity contribution in [3.05, 3.63) is 30.3 Å². The van der Waals surface area contributed by atoms with Crippen molar-refractivity contribution in [1.29, 1.82) is 0 Å². The summed E-state index contributed by atoms with van der Waals surface area (Å²) in [4.78, 5) is 5.19. The van der Waals surface area contributed by atoms with Crippen LogP contribution in [0.15, 0.2) is 30.3 Å². The molecule has 0 saturated carbocycles. The summed E-state index contributed by atoms with van der Waals surface area (Å²) in [5.41, 5.74) is 1.39. The third-order valence-electron chi connectivity index (χ3n) is 3.71. The van der Waals surface area contributed by atoms with E-state index in [0.29, 0.717) is 0 Å². The molecule has 2 fully saturated rings. The quantitative estimate of drug-likeness (QED) is 0.734. The van der Waals surface area contributed by atoms with Crippen molar-refractivity contribution < 1.29 is 0 Å². The van der Waals surface area contributed by atoms with Gasteiger partial charge in [-0.2, -0.15) is 0 Å². The monoisotopic (exact) mass is 232 g/mol. The van der Waals surface area contributed by atoms with Gasteiger partial charge in [0.1, 0.15) is 0 Å². The van der Waals surface area contributed by atoms with Gasteiger partial charge in [-0.3, -0.25) is 4.90 Å². The van der Waals surface area contributed by atoms with E-state index in [1.165, 1.54) is 44.7 Å². The van der Waals surface area contributed by atoms with Gasteiger partial charge in [-0.15, -0.1) is 0 Å². The Morgan fingerprint density at radius 3 is 2.53 bits per heavy atom. The van der Waals surface area contributed by atoms with Crippen molar-refractivity contribution in [2.45, 2.75) is 32.7 Å². The number of para-hydroxylation sites is 1. The Morgan fingerprint density at radius 1 is 1.00 bits per heavy atom. The van der Waals surface area contributed by atoms with E-state index in [2.05, 4.69) is 40.1 Å². The molecular weight excluding hydrogens is 208 g/mol. The highest BCUT2D eigenvalue weighted by molar-refractivity contribution is 5.46. The van der Waals surface area contributed by atoms with Gasteiger partial charge in [-0.25, -0.2) is 0 Å². The lowest BCUT2D eigenvalue weighted by Gasteiger charge is -2.38. The van der Waals surface area contributed by atoms with Crippen LogP contribution in [0.2, 0.25) is 0 Å². The van der Waals surface area contributed by atoms with Crippen LogP contribution < -0.4 is 4.90 Å². The fourth-order valence-electron chi connectivity index (χ4n) is 2.86. The molecule has 0 bridgehead atoms. The largest absolute Gasteiger partial charge is 0.369 e. The molecule has 2 heteroatoms. The van der Waals surface area contributed by atoms with E-state index < -0.39 is 0 Å². The highest BCUT2D eigenvalue weighted by atomic mass is 15.3. The van der Waals surface area contributed by atoms with Crippen LogP contribution in [-0.2, 0) is 0 Å². The lowest BCUT2D eigenvalue weighted by atomic mass is 10.1. The molecule has 94 valence electrons. The van der Waals surface area contributed by atoms with Crippen LogP contribution in [0.1, 0.15) is 26.7 Å². The maximum Gasteiger partial charge on any atom is 0.0367 e. The molecule has 0 spiro atoms. The lowest BCUT2D eigenvalue weighted by molar-refractivity contribution is 0.231. The first-order chi connectivity index (χ1) is 8.43. The summed E-state index contributed by atoms with van der Waals surface area (Å²) in [6.07, 6.45) is 2.79. The first-order valence-corrected chi connectivity index (χ1v) is 6.97. The molecule has 17 heavy (non-hydrogen) atoms. The molecule has 0 radical (unpaired) electrons. The van der Waals surface area contributed by atoms with Gasteiger partial charge >= 0.3 is 0 Å². The molecule has 0 aromatic heterocycles. The number of anilines is 1. The van der Waals surface area contributed by atoms with Crippen molar-refractivity contribution in [3.63, 3.8) is 0 Å². The molecule has 1 aromatic carbocycles. The van der Waals surface area contributed by atoms with E-state index in [0.717, 1.165) is 6.04 Å². The van der Waals surface area contributed by atoms with Gasteiger partial charge in [0.15, 0.2) is 0 Å². The van der Waals surface area contributed by atoms with E-state index in [1.807, 2.05) is 13.8 Å². The zero-order valence-corrected chi connectivity index (χ0v) is 11.1. The second-order valence-corrected chi connectivity index (χ2v) is 4.61. The van der Waals surface area contributed by atoms with Crippen LogP contribution >= 0.6 is 0 Å². The fourth-order valence-corrected chi connectivity index (χ4v) is 2.86. The molecule has 2 aliphatic rings. The van der Waals surface area contributed by atoms with Gasteiger partial charge in [0.25, 0.3) is 0 Å². The van der Waals surface area contributed by atoms with E-state index >= 15 is 0 Å². The molecule has 0 aliphatic carbocycles. The van der Waals surface area contributed by atoms with E-state index in [1.54, 1.807) is 0 Å². The summed E-state index contributed by atoms with van der Waals surface area (Å²) in [6, 6.07) is 11.6. The Morgan fingerprint density at radius 2 is 1.76 bits per heavy atom. The first-order valence-electron chi connectivity index (χ1n) is 6.97. The van der Waals surface area contributed by atoms with Gasteiger partial charge < -0.3 is 4.90 Å². The molecule has 2 nitrogen and oxygen atoms in total. The molecule has 1 atom stereocenters. The number of rotatable bonds is 1. The fraction of sp³-hybridized carbons (Fsp3) is 0.600. The molecule has 2 heterocycles. The lowest BCUT2D eigenvalue weighted by Crippen LogP contribution is -2.50. The van der Waals surface area contributed by atoms with Crippen molar-refractivity contribution in [3.8, 4) is 0 Å². The van der Waals surface area contributed by atoms with Crippen molar-refractivity contribution in [1.82, 2.24) is 4.90 Å². The second-order valence-electron chi connectivity index (χ2n) is 4.61. The Balaban J connectivity index is 0.000000514. The molecule has 2 aliphatic heterocycles. The summed E-state index contributed by atoms with van der Waals surface area (Å²) in [5.74, 6) is 0. The maximum absolute atomic E-state index is 2.65. The minimum Gasteiger partial charge on any atom is -0.369 e. The summed E-state index contributed by atoms with van der Waals surface area (Å²) in [5, 5.41) is 0. The van der Waals surface area contributed by atoms with E-state index in [4.69, 9.17) is 0 Å². The minimum absolute atomic E-state index is 0.818. The first kappa shape index (κ1) is 12.4. The SMILES string of the molecule is CC.c1ccc(N2CCN3CCCC3C2)cc1. The molecule has 1 aromatic rings. The van der Waals surface area contributed by atoms with E-state index in [9.17, 15) is 0 Å². The number of piperazine rings is 1. The highest BCUT2D eigenvalue weighted by Gasteiger charge is 2.30. The summed E-state index contributed by atoms with van der Waals surface area (Å²) >= 11 is 0. The minimum atomic E-state index is 0.818. The standard InChI is InChI=1S/C13H18N2.C2H6/c1-2-5-12(6-3-1)15-10-9-14-8-4-7-13(14)11-15;1-2/h1-3,5-6,13H,4,7-11H2;1-2H3. The Bertz CT molecular complexity index is 323. The Hall–Kier alpha value is -1.02. The van der Waals surface area contributed by atoms with Crippen molar-refractivity contribution in [2.24, 2.45) is 0 Å². The van der Waals surface area contributed by atoms with Crippen LogP contribution in [0, 0.1) is 0 Å². The Kier molecular flexibility index (Phi) is 4.43. The van der Waals surface area contributed by atoms with Gasteiger partial charge in [0, 0.05) is 31.4 Å². The number of fused-ring (bicyclic) bond motifs is 1. The van der Waals surface area contributed by atoms with Crippen molar-refractivity contribution in [2.75, 3.05) is 31.1 Å². The van der Waals surface area contributed by atoms with Crippen LogP contribution in [0.25, 0.3) is 0 Å². The predicted octanol–water partition coefficient (Wildman–Crippen LogP) is 3.00. The number of nitrogens with zero attached hydrogens (tertiary/aromatic N) is 2. The molecule has 0 amide bonds. The van der Waals surface area contributed by atoms with Crippen LogP contribution in [0.4, 0.5) is 5.69 Å². The van der Waals surface area contributed by atoms with Gasteiger partial charge in [-0.1, -0.05) is 32.0 Å². The smallest absolute Gasteiger partial charge is 0.0367 e. The van der Waals surface area contributed by atoms with Crippen LogP contribution in [-0.4, -0.2) is 37.1 Å². The molecule has 2 saturated heterocycles. The highest BCUT2D eigenvalue weighted by Crippen LogP contribution is 2.24. The molecular formula is C15H24N2.